The molecule has 27 heavy (non-hydrogen) atoms. The fraction of sp³-hybridized carbons (Fsp3) is 0.125. The minimum Gasteiger partial charge on any atom is -0.303 e. The van der Waals surface area contributed by atoms with Gasteiger partial charge in [-0.1, -0.05) is 18.2 Å². The van der Waals surface area contributed by atoms with Crippen LogP contribution in [0.5, 0.6) is 0 Å². The first kappa shape index (κ1) is 14.9. The first-order chi connectivity index (χ1) is 13.1. The number of halogens is 1. The molecule has 0 bridgehead atoms. The van der Waals surface area contributed by atoms with E-state index in [1.54, 1.807) is 12.1 Å². The summed E-state index contributed by atoms with van der Waals surface area (Å²) >= 11 is 0. The summed E-state index contributed by atoms with van der Waals surface area (Å²) in [7, 11) is 2.09. The van der Waals surface area contributed by atoms with Gasteiger partial charge in [-0.3, -0.25) is 0 Å². The van der Waals surface area contributed by atoms with E-state index in [4.69, 9.17) is 0 Å². The molecule has 3 aromatic carbocycles. The van der Waals surface area contributed by atoms with E-state index in [9.17, 15) is 4.39 Å². The summed E-state index contributed by atoms with van der Waals surface area (Å²) in [5.41, 5.74) is 6.97. The van der Waals surface area contributed by atoms with Crippen LogP contribution >= 0.6 is 0 Å². The van der Waals surface area contributed by atoms with E-state index in [1.165, 1.54) is 38.2 Å². The number of hydrogen-bond acceptors (Lipinski definition) is 0. The minimum atomic E-state index is -0.203. The zero-order valence-electron chi connectivity index (χ0n) is 15.5. The van der Waals surface area contributed by atoms with Crippen molar-refractivity contribution in [2.24, 2.45) is 7.05 Å². The average Bonchev–Trinajstić information content (AvgIpc) is 2.97. The van der Waals surface area contributed by atoms with E-state index in [0.29, 0.717) is 0 Å². The molecule has 0 radical (unpaired) electrons. The van der Waals surface area contributed by atoms with Gasteiger partial charge < -0.3 is 4.40 Å². The smallest absolute Gasteiger partial charge is 0.238 e. The number of benzene rings is 3. The molecule has 0 amide bonds. The van der Waals surface area contributed by atoms with Crippen molar-refractivity contribution in [2.45, 2.75) is 13.8 Å². The quantitative estimate of drug-likeness (QED) is 0.192. The Labute approximate surface area is 155 Å². The standard InChI is InChI=1S/C24H18FN2/c1-13-11-14(2)21-22-16(13)5-4-6-19(22)27-20-12-15(25)7-8-17(20)18-9-10-26(3)24(21)23(18)27/h4-12H,1-3H3/q+1. The van der Waals surface area contributed by atoms with Crippen LogP contribution in [-0.4, -0.2) is 4.40 Å². The van der Waals surface area contributed by atoms with Gasteiger partial charge in [-0.15, -0.1) is 0 Å². The Morgan fingerprint density at radius 3 is 2.52 bits per heavy atom. The molecular formula is C24H18FN2+. The molecule has 3 heterocycles. The normalized spacial score (nSPS) is 12.4. The van der Waals surface area contributed by atoms with Gasteiger partial charge in [-0.25, -0.2) is 4.39 Å². The van der Waals surface area contributed by atoms with E-state index in [1.807, 2.05) is 6.07 Å². The van der Waals surface area contributed by atoms with Crippen LogP contribution in [0.25, 0.3) is 49.0 Å². The molecule has 0 N–H and O–H groups in total. The maximum absolute atomic E-state index is 14.2. The number of hydrogen-bond donors (Lipinski definition) is 0. The Bertz CT molecular complexity index is 1560. The maximum atomic E-state index is 14.2. The van der Waals surface area contributed by atoms with Crippen molar-refractivity contribution >= 4 is 49.0 Å². The maximum Gasteiger partial charge on any atom is 0.238 e. The van der Waals surface area contributed by atoms with Crippen molar-refractivity contribution < 1.29 is 8.96 Å². The molecule has 0 aliphatic heterocycles. The highest BCUT2D eigenvalue weighted by Gasteiger charge is 2.24. The Hall–Kier alpha value is -3.20. The predicted molar refractivity (Wildman–Crippen MR) is 109 cm³/mol. The fourth-order valence-electron chi connectivity index (χ4n) is 4.96. The number of fused-ring (bicyclic) bond motifs is 5. The number of aromatic nitrogens is 2. The van der Waals surface area contributed by atoms with Crippen LogP contribution in [0.2, 0.25) is 0 Å². The second-order valence-corrected chi connectivity index (χ2v) is 7.62. The van der Waals surface area contributed by atoms with Gasteiger partial charge in [0.1, 0.15) is 18.4 Å². The molecule has 0 saturated heterocycles. The van der Waals surface area contributed by atoms with Crippen LogP contribution in [0.15, 0.2) is 54.7 Å². The summed E-state index contributed by atoms with van der Waals surface area (Å²) in [6.45, 7) is 4.36. The summed E-state index contributed by atoms with van der Waals surface area (Å²) < 4.78 is 18.6. The molecule has 6 aromatic rings. The minimum absolute atomic E-state index is 0.203. The van der Waals surface area contributed by atoms with Crippen molar-refractivity contribution in [3.63, 3.8) is 0 Å². The SMILES string of the molecule is Cc1cc(C)c2c3c1cccc3n1c3cc(F)ccc3c3cc[n+](C)c2c31. The van der Waals surface area contributed by atoms with Gasteiger partial charge in [0.2, 0.25) is 5.52 Å². The van der Waals surface area contributed by atoms with Crippen LogP contribution < -0.4 is 4.57 Å². The molecule has 130 valence electrons. The lowest BCUT2D eigenvalue weighted by molar-refractivity contribution is -0.644. The van der Waals surface area contributed by atoms with Gasteiger partial charge in [0.05, 0.1) is 16.4 Å². The second-order valence-electron chi connectivity index (χ2n) is 7.62. The summed E-state index contributed by atoms with van der Waals surface area (Å²) in [5, 5.41) is 6.06. The summed E-state index contributed by atoms with van der Waals surface area (Å²) in [6.07, 6.45) is 2.11. The van der Waals surface area contributed by atoms with Gasteiger partial charge in [0.25, 0.3) is 0 Å². The second kappa shape index (κ2) is 4.74. The molecule has 0 atom stereocenters. The van der Waals surface area contributed by atoms with E-state index >= 15 is 0 Å². The van der Waals surface area contributed by atoms with Crippen molar-refractivity contribution in [3.8, 4) is 0 Å². The third-order valence-corrected chi connectivity index (χ3v) is 6.03. The van der Waals surface area contributed by atoms with Crippen LogP contribution in [0, 0.1) is 19.7 Å². The molecule has 0 saturated carbocycles. The van der Waals surface area contributed by atoms with Crippen LogP contribution in [0.4, 0.5) is 4.39 Å². The Kier molecular flexibility index (Phi) is 2.62. The third kappa shape index (κ3) is 1.67. The average molecular weight is 353 g/mol. The molecular weight excluding hydrogens is 335 g/mol. The lowest BCUT2D eigenvalue weighted by atomic mass is 9.95. The van der Waals surface area contributed by atoms with Crippen molar-refractivity contribution in [1.82, 2.24) is 4.40 Å². The van der Waals surface area contributed by atoms with Gasteiger partial charge in [-0.05, 0) is 54.6 Å². The summed E-state index contributed by atoms with van der Waals surface area (Å²) in [6, 6.07) is 16.0. The highest BCUT2D eigenvalue weighted by atomic mass is 19.1. The van der Waals surface area contributed by atoms with E-state index in [2.05, 4.69) is 66.4 Å². The van der Waals surface area contributed by atoms with Gasteiger partial charge in [-0.2, -0.15) is 4.57 Å². The van der Waals surface area contributed by atoms with E-state index in [-0.39, 0.29) is 5.82 Å². The van der Waals surface area contributed by atoms with Crippen molar-refractivity contribution in [3.05, 3.63) is 71.7 Å². The van der Waals surface area contributed by atoms with Crippen LogP contribution in [-0.2, 0) is 7.05 Å². The fourth-order valence-corrected chi connectivity index (χ4v) is 4.96. The van der Waals surface area contributed by atoms with Gasteiger partial charge in [0.15, 0.2) is 6.20 Å². The highest BCUT2D eigenvalue weighted by molar-refractivity contribution is 6.25. The highest BCUT2D eigenvalue weighted by Crippen LogP contribution is 2.40. The Balaban J connectivity index is 2.15. The van der Waals surface area contributed by atoms with E-state index < -0.39 is 0 Å². The molecule has 3 heteroatoms. The van der Waals surface area contributed by atoms with Crippen molar-refractivity contribution in [2.75, 3.05) is 0 Å². The largest absolute Gasteiger partial charge is 0.303 e. The molecule has 3 aromatic heterocycles. The summed E-state index contributed by atoms with van der Waals surface area (Å²) in [5.74, 6) is -0.203. The lowest BCUT2D eigenvalue weighted by Gasteiger charge is -2.14. The zero-order valence-corrected chi connectivity index (χ0v) is 15.5. The number of nitrogens with zero attached hydrogens (tertiary/aromatic N) is 2. The molecule has 0 spiro atoms. The molecule has 2 nitrogen and oxygen atoms in total. The van der Waals surface area contributed by atoms with E-state index in [0.717, 1.165) is 21.9 Å². The van der Waals surface area contributed by atoms with Crippen LogP contribution in [0.3, 0.4) is 0 Å². The monoisotopic (exact) mass is 353 g/mol. The summed E-state index contributed by atoms with van der Waals surface area (Å²) in [4.78, 5) is 0. The number of pyridine rings is 2. The topological polar surface area (TPSA) is 8.29 Å². The van der Waals surface area contributed by atoms with Crippen LogP contribution in [0.1, 0.15) is 11.1 Å². The number of aryl methyl sites for hydroxylation is 3. The Morgan fingerprint density at radius 2 is 1.67 bits per heavy atom. The van der Waals surface area contributed by atoms with Gasteiger partial charge in [0, 0.05) is 22.2 Å². The van der Waals surface area contributed by atoms with Gasteiger partial charge >= 0.3 is 0 Å². The molecule has 0 aliphatic rings. The lowest BCUT2D eigenvalue weighted by Crippen LogP contribution is -2.29. The zero-order chi connectivity index (χ0) is 18.4. The third-order valence-electron chi connectivity index (χ3n) is 6.03. The molecule has 6 rings (SSSR count). The Morgan fingerprint density at radius 1 is 0.815 bits per heavy atom. The number of rotatable bonds is 0. The first-order valence-corrected chi connectivity index (χ1v) is 9.22. The molecule has 0 aliphatic carbocycles. The molecule has 0 unspecified atom stereocenters. The molecule has 0 fully saturated rings. The van der Waals surface area contributed by atoms with Crippen molar-refractivity contribution in [1.29, 1.82) is 0 Å². The first-order valence-electron chi connectivity index (χ1n) is 9.22. The predicted octanol–water partition coefficient (Wildman–Crippen LogP) is 5.57.